The Morgan fingerprint density at radius 3 is 2.35 bits per heavy atom. The largest absolute Gasteiger partial charge is 0.476 e. The highest BCUT2D eigenvalue weighted by molar-refractivity contribution is 5.99. The molecule has 4 bridgehead atoms. The number of rotatable bonds is 10. The lowest BCUT2D eigenvalue weighted by atomic mass is 9.53. The second-order valence-corrected chi connectivity index (χ2v) is 12.3. The Kier molecular flexibility index (Phi) is 7.12. The second kappa shape index (κ2) is 10.5. The van der Waals surface area contributed by atoms with Gasteiger partial charge in [-0.3, -0.25) is 9.69 Å². The number of nitrogens with zero attached hydrogens (tertiary/aromatic N) is 3. The van der Waals surface area contributed by atoms with Crippen LogP contribution in [-0.2, 0) is 4.74 Å². The first kappa shape index (κ1) is 25.1. The highest BCUT2D eigenvalue weighted by Crippen LogP contribution is 2.55. The lowest BCUT2D eigenvalue weighted by Crippen LogP contribution is -2.59. The molecule has 7 heteroatoms. The Morgan fingerprint density at radius 2 is 1.73 bits per heavy atom. The molecule has 200 valence electrons. The maximum Gasteiger partial charge on any atom is 0.227 e. The van der Waals surface area contributed by atoms with Gasteiger partial charge in [0.1, 0.15) is 12.2 Å². The quantitative estimate of drug-likeness (QED) is 0.481. The van der Waals surface area contributed by atoms with E-state index in [1.807, 2.05) is 0 Å². The van der Waals surface area contributed by atoms with Gasteiger partial charge in [0.15, 0.2) is 5.78 Å². The number of morpholine rings is 1. The molecule has 1 aliphatic heterocycles. The highest BCUT2D eigenvalue weighted by atomic mass is 16.5. The summed E-state index contributed by atoms with van der Waals surface area (Å²) in [6.45, 7) is 9.41. The van der Waals surface area contributed by atoms with Crippen LogP contribution in [-0.4, -0.2) is 72.0 Å². The van der Waals surface area contributed by atoms with Crippen molar-refractivity contribution >= 4 is 5.78 Å². The van der Waals surface area contributed by atoms with Gasteiger partial charge in [-0.2, -0.15) is 5.10 Å². The lowest BCUT2D eigenvalue weighted by molar-refractivity contribution is -0.0186. The van der Waals surface area contributed by atoms with E-state index in [-0.39, 0.29) is 11.3 Å². The molecule has 7 rings (SSSR count). The van der Waals surface area contributed by atoms with Gasteiger partial charge in [0.05, 0.1) is 31.6 Å². The number of carbonyl (C=O) groups excluding carboxylic acids is 1. The van der Waals surface area contributed by atoms with E-state index in [4.69, 9.17) is 9.47 Å². The maximum absolute atomic E-state index is 13.6. The van der Waals surface area contributed by atoms with Crippen LogP contribution in [0.1, 0.15) is 74.2 Å². The molecule has 4 aliphatic carbocycles. The van der Waals surface area contributed by atoms with Gasteiger partial charge in [0.25, 0.3) is 0 Å². The first-order valence-electron chi connectivity index (χ1n) is 14.4. The van der Waals surface area contributed by atoms with Gasteiger partial charge >= 0.3 is 0 Å². The molecule has 0 amide bonds. The van der Waals surface area contributed by atoms with Crippen molar-refractivity contribution in [2.24, 2.45) is 17.8 Å². The molecule has 1 saturated heterocycles. The number of hydrogen-bond acceptors (Lipinski definition) is 6. The molecule has 2 heterocycles. The Balaban J connectivity index is 1.18. The van der Waals surface area contributed by atoms with Gasteiger partial charge in [0.2, 0.25) is 5.88 Å². The summed E-state index contributed by atoms with van der Waals surface area (Å²) in [5.74, 6) is 3.65. The van der Waals surface area contributed by atoms with E-state index in [9.17, 15) is 4.79 Å². The Morgan fingerprint density at radius 1 is 1.08 bits per heavy atom. The third-order valence-corrected chi connectivity index (χ3v) is 9.24. The van der Waals surface area contributed by atoms with Gasteiger partial charge in [-0.15, -0.1) is 0 Å². The fourth-order valence-electron chi connectivity index (χ4n) is 7.64. The summed E-state index contributed by atoms with van der Waals surface area (Å²) in [6, 6.07) is 8.41. The third kappa shape index (κ3) is 5.36. The molecule has 2 aromatic rings. The van der Waals surface area contributed by atoms with E-state index >= 15 is 0 Å². The number of nitrogens with one attached hydrogen (secondary N) is 1. The van der Waals surface area contributed by atoms with Crippen LogP contribution in [0.4, 0.5) is 0 Å². The minimum Gasteiger partial charge on any atom is -0.476 e. The minimum absolute atomic E-state index is 0.0715. The Bertz CT molecular complexity index is 1050. The molecule has 5 aliphatic rings. The van der Waals surface area contributed by atoms with Gasteiger partial charge in [-0.1, -0.05) is 26.0 Å². The number of Topliss-reactive ketones (excluding diaryl/α,β-unsaturated/α-hetero) is 1. The summed E-state index contributed by atoms with van der Waals surface area (Å²) < 4.78 is 13.6. The van der Waals surface area contributed by atoms with Crippen molar-refractivity contribution in [1.29, 1.82) is 0 Å². The van der Waals surface area contributed by atoms with Crippen LogP contribution < -0.4 is 10.1 Å². The number of hydrogen-bond donors (Lipinski definition) is 1. The van der Waals surface area contributed by atoms with Crippen LogP contribution in [0, 0.1) is 17.8 Å². The number of carbonyl (C=O) groups is 1. The van der Waals surface area contributed by atoms with Crippen LogP contribution in [0.3, 0.4) is 0 Å². The predicted molar refractivity (Wildman–Crippen MR) is 144 cm³/mol. The van der Waals surface area contributed by atoms with Crippen molar-refractivity contribution < 1.29 is 14.3 Å². The summed E-state index contributed by atoms with van der Waals surface area (Å²) in [5.41, 5.74) is 2.93. The summed E-state index contributed by atoms with van der Waals surface area (Å²) in [6.07, 6.45) is 9.60. The van der Waals surface area contributed by atoms with Gasteiger partial charge in [-0.05, 0) is 79.9 Å². The maximum atomic E-state index is 13.6. The summed E-state index contributed by atoms with van der Waals surface area (Å²) in [4.78, 5) is 15.9. The number of ether oxygens (including phenoxy) is 2. The Hall–Kier alpha value is -2.22. The molecule has 1 aromatic carbocycles. The third-order valence-electron chi connectivity index (χ3n) is 9.24. The van der Waals surface area contributed by atoms with E-state index in [0.717, 1.165) is 56.3 Å². The summed E-state index contributed by atoms with van der Waals surface area (Å²) in [5, 5.41) is 8.40. The minimum atomic E-state index is 0.0715. The highest BCUT2D eigenvalue weighted by Gasteiger charge is 2.50. The van der Waals surface area contributed by atoms with Crippen LogP contribution in [0.2, 0.25) is 0 Å². The molecule has 0 spiro atoms. The zero-order valence-electron chi connectivity index (χ0n) is 22.5. The molecule has 4 saturated carbocycles. The SMILES string of the molecule is CC(C)c1ccc(-n2ncc(C(=O)CNC34CC5CC(CC(C5)C3)C4)c2OCCN2CCOCC2)cc1. The molecule has 0 radical (unpaired) electrons. The van der Waals surface area contributed by atoms with E-state index in [0.29, 0.717) is 30.5 Å². The Labute approximate surface area is 220 Å². The van der Waals surface area contributed by atoms with Gasteiger partial charge < -0.3 is 14.8 Å². The molecule has 0 atom stereocenters. The standard InChI is InChI=1S/C30H42N4O3/c1-21(2)25-3-5-26(6-4-25)34-29(37-12-9-33-7-10-36-11-8-33)27(19-32-34)28(35)20-31-30-16-22-13-23(17-30)15-24(14-22)18-30/h3-6,19,21-24,31H,7-18,20H2,1-2H3. The van der Waals surface area contributed by atoms with E-state index in [2.05, 4.69) is 53.4 Å². The predicted octanol–water partition coefficient (Wildman–Crippen LogP) is 4.45. The number of aromatic nitrogens is 2. The first-order valence-corrected chi connectivity index (χ1v) is 14.4. The number of ketones is 1. The van der Waals surface area contributed by atoms with Crippen molar-refractivity contribution in [1.82, 2.24) is 20.0 Å². The molecular weight excluding hydrogens is 464 g/mol. The van der Waals surface area contributed by atoms with Crippen molar-refractivity contribution in [3.63, 3.8) is 0 Å². The van der Waals surface area contributed by atoms with Crippen molar-refractivity contribution in [2.75, 3.05) is 46.0 Å². The normalized spacial score (nSPS) is 29.2. The van der Waals surface area contributed by atoms with Gasteiger partial charge in [-0.25, -0.2) is 4.68 Å². The molecule has 1 aromatic heterocycles. The average Bonchev–Trinajstić information content (AvgIpc) is 3.31. The molecule has 5 fully saturated rings. The zero-order valence-corrected chi connectivity index (χ0v) is 22.5. The average molecular weight is 507 g/mol. The number of benzene rings is 1. The van der Waals surface area contributed by atoms with Crippen LogP contribution in [0.15, 0.2) is 30.5 Å². The summed E-state index contributed by atoms with van der Waals surface area (Å²) in [7, 11) is 0. The molecule has 37 heavy (non-hydrogen) atoms. The molecule has 1 N–H and O–H groups in total. The molecule has 0 unspecified atom stereocenters. The van der Waals surface area contributed by atoms with E-state index in [1.54, 1.807) is 10.9 Å². The lowest BCUT2D eigenvalue weighted by Gasteiger charge is -2.57. The summed E-state index contributed by atoms with van der Waals surface area (Å²) >= 11 is 0. The smallest absolute Gasteiger partial charge is 0.227 e. The van der Waals surface area contributed by atoms with Crippen molar-refractivity contribution in [3.8, 4) is 11.6 Å². The van der Waals surface area contributed by atoms with Crippen molar-refractivity contribution in [3.05, 3.63) is 41.6 Å². The monoisotopic (exact) mass is 506 g/mol. The zero-order chi connectivity index (χ0) is 25.4. The first-order chi connectivity index (χ1) is 18.0. The topological polar surface area (TPSA) is 68.6 Å². The van der Waals surface area contributed by atoms with Crippen LogP contribution >= 0.6 is 0 Å². The fourth-order valence-corrected chi connectivity index (χ4v) is 7.64. The molecule has 7 nitrogen and oxygen atoms in total. The second-order valence-electron chi connectivity index (χ2n) is 12.3. The molecular formula is C30H42N4O3. The van der Waals surface area contributed by atoms with E-state index in [1.165, 1.54) is 44.1 Å². The van der Waals surface area contributed by atoms with Crippen LogP contribution in [0.25, 0.3) is 5.69 Å². The van der Waals surface area contributed by atoms with Crippen molar-refractivity contribution in [2.45, 2.75) is 63.8 Å². The van der Waals surface area contributed by atoms with Crippen LogP contribution in [0.5, 0.6) is 5.88 Å². The van der Waals surface area contributed by atoms with Gasteiger partial charge in [0, 0.05) is 25.2 Å². The fraction of sp³-hybridized carbons (Fsp3) is 0.667. The van der Waals surface area contributed by atoms with E-state index < -0.39 is 0 Å².